The number of rotatable bonds is 5. The van der Waals surface area contributed by atoms with Crippen molar-refractivity contribution in [3.63, 3.8) is 0 Å². The van der Waals surface area contributed by atoms with Gasteiger partial charge in [-0.15, -0.1) is 24.8 Å². The number of amides is 1. The lowest BCUT2D eigenvalue weighted by Gasteiger charge is -2.37. The van der Waals surface area contributed by atoms with E-state index in [1.54, 1.807) is 0 Å². The molecule has 3 heterocycles. The van der Waals surface area contributed by atoms with E-state index >= 15 is 0 Å². The molecule has 7 nitrogen and oxygen atoms in total. The maximum absolute atomic E-state index is 12.7. The quantitative estimate of drug-likeness (QED) is 0.786. The summed E-state index contributed by atoms with van der Waals surface area (Å²) < 4.78 is 5.28. The molecular weight excluding hydrogens is 389 g/mol. The van der Waals surface area contributed by atoms with Crippen molar-refractivity contribution in [2.45, 2.75) is 46.1 Å². The molecule has 27 heavy (non-hydrogen) atoms. The Bertz CT molecular complexity index is 572. The molecule has 3 rings (SSSR count). The molecule has 2 unspecified atom stereocenters. The number of nitrogens with zero attached hydrogens (tertiary/aromatic N) is 4. The first-order valence-electron chi connectivity index (χ1n) is 9.57. The van der Waals surface area contributed by atoms with Gasteiger partial charge in [-0.2, -0.15) is 4.98 Å². The van der Waals surface area contributed by atoms with E-state index < -0.39 is 0 Å². The first-order chi connectivity index (χ1) is 12.0. The van der Waals surface area contributed by atoms with Crippen molar-refractivity contribution in [1.82, 2.24) is 25.3 Å². The number of aromatic nitrogens is 2. The number of aryl methyl sites for hydroxylation is 1. The van der Waals surface area contributed by atoms with E-state index in [1.165, 1.54) is 12.8 Å². The minimum Gasteiger partial charge on any atom is -0.340 e. The first-order valence-corrected chi connectivity index (χ1v) is 9.57. The molecule has 2 aliphatic heterocycles. The number of hydrogen-bond acceptors (Lipinski definition) is 6. The second-order valence-electron chi connectivity index (χ2n) is 7.54. The summed E-state index contributed by atoms with van der Waals surface area (Å²) in [4.78, 5) is 21.3. The van der Waals surface area contributed by atoms with E-state index in [1.807, 2.05) is 11.8 Å². The Morgan fingerprint density at radius 2 is 1.81 bits per heavy atom. The van der Waals surface area contributed by atoms with Crippen LogP contribution in [0.15, 0.2) is 4.52 Å². The third kappa shape index (κ3) is 6.31. The maximum Gasteiger partial charge on any atom is 0.243 e. The molecule has 2 saturated heterocycles. The second-order valence-corrected chi connectivity index (χ2v) is 7.54. The van der Waals surface area contributed by atoms with Crippen LogP contribution < -0.4 is 5.32 Å². The van der Waals surface area contributed by atoms with Crippen molar-refractivity contribution < 1.29 is 9.32 Å². The molecule has 156 valence electrons. The Kier molecular flexibility index (Phi) is 10.0. The lowest BCUT2D eigenvalue weighted by atomic mass is 9.84. The lowest BCUT2D eigenvalue weighted by molar-refractivity contribution is -0.134. The summed E-state index contributed by atoms with van der Waals surface area (Å²) in [6.07, 6.45) is 3.08. The van der Waals surface area contributed by atoms with E-state index in [4.69, 9.17) is 4.52 Å². The molecule has 2 atom stereocenters. The van der Waals surface area contributed by atoms with E-state index in [0.717, 1.165) is 39.3 Å². The van der Waals surface area contributed by atoms with Crippen LogP contribution in [0.3, 0.4) is 0 Å². The summed E-state index contributed by atoms with van der Waals surface area (Å²) in [5.74, 6) is 2.81. The van der Waals surface area contributed by atoms with Crippen molar-refractivity contribution in [3.05, 3.63) is 11.7 Å². The van der Waals surface area contributed by atoms with Gasteiger partial charge in [-0.1, -0.05) is 12.1 Å². The first kappa shape index (κ1) is 24.1. The molecule has 2 fully saturated rings. The molecule has 2 aliphatic rings. The molecule has 0 saturated carbocycles. The van der Waals surface area contributed by atoms with Gasteiger partial charge in [0.15, 0.2) is 5.82 Å². The summed E-state index contributed by atoms with van der Waals surface area (Å²) in [6.45, 7) is 11.6. The van der Waals surface area contributed by atoms with Crippen LogP contribution in [0.25, 0.3) is 0 Å². The molecule has 1 N–H and O–H groups in total. The normalized spacial score (nSPS) is 21.1. The monoisotopic (exact) mass is 421 g/mol. The Morgan fingerprint density at radius 3 is 2.37 bits per heavy atom. The van der Waals surface area contributed by atoms with Crippen molar-refractivity contribution in [1.29, 1.82) is 0 Å². The highest BCUT2D eigenvalue weighted by Crippen LogP contribution is 2.26. The number of hydrogen-bond donors (Lipinski definition) is 1. The number of carbonyl (C=O) groups is 1. The van der Waals surface area contributed by atoms with Gasteiger partial charge in [0.25, 0.3) is 0 Å². The summed E-state index contributed by atoms with van der Waals surface area (Å²) in [5.41, 5.74) is 0. The Hall–Kier alpha value is -0.890. The fourth-order valence-corrected chi connectivity index (χ4v) is 3.98. The molecule has 1 amide bonds. The molecule has 0 aromatic carbocycles. The summed E-state index contributed by atoms with van der Waals surface area (Å²) in [7, 11) is 0. The fraction of sp³-hybridized carbons (Fsp3) is 0.833. The van der Waals surface area contributed by atoms with Crippen molar-refractivity contribution >= 4 is 30.7 Å². The van der Waals surface area contributed by atoms with Gasteiger partial charge in [-0.3, -0.25) is 9.69 Å². The highest BCUT2D eigenvalue weighted by molar-refractivity contribution is 5.85. The standard InChI is InChI=1S/C18H31N5O2.2ClH/c1-13(16-4-6-19-7-5-16)12-17(24)23-10-8-22(9-11-23)14(2)18-20-15(3)21-25-18;;/h13-14,16,19H,4-12H2,1-3H3;2*1H. The molecule has 0 bridgehead atoms. The van der Waals surface area contributed by atoms with Crippen LogP contribution in [0.2, 0.25) is 0 Å². The second kappa shape index (κ2) is 11.2. The third-order valence-corrected chi connectivity index (χ3v) is 5.80. The van der Waals surface area contributed by atoms with Crippen LogP contribution in [-0.2, 0) is 4.79 Å². The summed E-state index contributed by atoms with van der Waals surface area (Å²) >= 11 is 0. The number of piperidine rings is 1. The average Bonchev–Trinajstić information content (AvgIpc) is 3.08. The highest BCUT2D eigenvalue weighted by atomic mass is 35.5. The van der Waals surface area contributed by atoms with Gasteiger partial charge >= 0.3 is 0 Å². The third-order valence-electron chi connectivity index (χ3n) is 5.80. The topological polar surface area (TPSA) is 74.5 Å². The van der Waals surface area contributed by atoms with Crippen molar-refractivity contribution in [3.8, 4) is 0 Å². The summed E-state index contributed by atoms with van der Waals surface area (Å²) in [6, 6.07) is 0.104. The average molecular weight is 422 g/mol. The van der Waals surface area contributed by atoms with Gasteiger partial charge in [0.1, 0.15) is 0 Å². The van der Waals surface area contributed by atoms with E-state index in [2.05, 4.69) is 34.2 Å². The van der Waals surface area contributed by atoms with Crippen LogP contribution in [0.1, 0.15) is 50.9 Å². The molecular formula is C18H33Cl2N5O2. The van der Waals surface area contributed by atoms with Gasteiger partial charge in [-0.05, 0) is 51.6 Å². The zero-order chi connectivity index (χ0) is 17.8. The molecule has 0 aliphatic carbocycles. The molecule has 9 heteroatoms. The number of carbonyl (C=O) groups excluding carboxylic acids is 1. The van der Waals surface area contributed by atoms with Crippen LogP contribution in [-0.4, -0.2) is 65.1 Å². The van der Waals surface area contributed by atoms with Crippen molar-refractivity contribution in [2.24, 2.45) is 11.8 Å². The van der Waals surface area contributed by atoms with Gasteiger partial charge in [-0.25, -0.2) is 0 Å². The Morgan fingerprint density at radius 1 is 1.19 bits per heavy atom. The molecule has 1 aromatic heterocycles. The predicted molar refractivity (Wildman–Crippen MR) is 109 cm³/mol. The van der Waals surface area contributed by atoms with E-state index in [0.29, 0.717) is 35.9 Å². The zero-order valence-electron chi connectivity index (χ0n) is 16.5. The zero-order valence-corrected chi connectivity index (χ0v) is 18.2. The predicted octanol–water partition coefficient (Wildman–Crippen LogP) is 2.45. The number of piperazine rings is 1. The van der Waals surface area contributed by atoms with E-state index in [-0.39, 0.29) is 30.9 Å². The number of nitrogens with one attached hydrogen (secondary N) is 1. The highest BCUT2D eigenvalue weighted by Gasteiger charge is 2.29. The van der Waals surface area contributed by atoms with Gasteiger partial charge < -0.3 is 14.7 Å². The Balaban J connectivity index is 0.00000182. The Labute approximate surface area is 174 Å². The largest absolute Gasteiger partial charge is 0.340 e. The van der Waals surface area contributed by atoms with Crippen LogP contribution in [0.5, 0.6) is 0 Å². The smallest absolute Gasteiger partial charge is 0.243 e. The van der Waals surface area contributed by atoms with Gasteiger partial charge in [0, 0.05) is 32.6 Å². The van der Waals surface area contributed by atoms with Crippen molar-refractivity contribution in [2.75, 3.05) is 39.3 Å². The van der Waals surface area contributed by atoms with Crippen LogP contribution >= 0.6 is 24.8 Å². The lowest BCUT2D eigenvalue weighted by Crippen LogP contribution is -2.49. The van der Waals surface area contributed by atoms with Gasteiger partial charge in [0.2, 0.25) is 11.8 Å². The number of halogens is 2. The van der Waals surface area contributed by atoms with Crippen LogP contribution in [0, 0.1) is 18.8 Å². The summed E-state index contributed by atoms with van der Waals surface area (Å²) in [5, 5.41) is 7.27. The van der Waals surface area contributed by atoms with Crippen LogP contribution in [0.4, 0.5) is 0 Å². The van der Waals surface area contributed by atoms with Gasteiger partial charge in [0.05, 0.1) is 6.04 Å². The minimum atomic E-state index is 0. The molecule has 1 aromatic rings. The SMILES string of the molecule is Cc1noc(C(C)N2CCN(C(=O)CC(C)C3CCNCC3)CC2)n1.Cl.Cl. The minimum absolute atomic E-state index is 0. The fourth-order valence-electron chi connectivity index (χ4n) is 3.98. The maximum atomic E-state index is 12.7. The van der Waals surface area contributed by atoms with E-state index in [9.17, 15) is 4.79 Å². The molecule has 0 radical (unpaired) electrons. The molecule has 0 spiro atoms.